The Bertz CT molecular complexity index is 743. The van der Waals surface area contributed by atoms with Crippen LogP contribution in [0.15, 0.2) is 48.8 Å². The molecule has 0 spiro atoms. The fourth-order valence-electron chi connectivity index (χ4n) is 2.25. The zero-order chi connectivity index (χ0) is 14.7. The molecule has 3 aromatic rings. The lowest BCUT2D eigenvalue weighted by atomic mass is 10.2. The molecule has 2 aromatic heterocycles. The Morgan fingerprint density at radius 1 is 1.10 bits per heavy atom. The van der Waals surface area contributed by atoms with Gasteiger partial charge >= 0.3 is 0 Å². The summed E-state index contributed by atoms with van der Waals surface area (Å²) in [5.41, 5.74) is 4.54. The van der Waals surface area contributed by atoms with Gasteiger partial charge in [0.2, 0.25) is 5.95 Å². The number of nitrogen functional groups attached to an aromatic ring is 1. The number of hydrazine groups is 1. The van der Waals surface area contributed by atoms with Crippen LogP contribution in [0.2, 0.25) is 0 Å². The first-order valence-corrected chi connectivity index (χ1v) is 6.61. The van der Waals surface area contributed by atoms with Crippen LogP contribution in [0.3, 0.4) is 0 Å². The molecule has 106 valence electrons. The Morgan fingerprint density at radius 2 is 1.86 bits per heavy atom. The van der Waals surface area contributed by atoms with Crippen LogP contribution in [-0.4, -0.2) is 22.0 Å². The largest absolute Gasteiger partial charge is 0.355 e. The molecule has 6 nitrogen and oxygen atoms in total. The van der Waals surface area contributed by atoms with Gasteiger partial charge in [-0.1, -0.05) is 12.1 Å². The van der Waals surface area contributed by atoms with E-state index in [1.807, 2.05) is 43.4 Å². The molecule has 2 heterocycles. The molecule has 21 heavy (non-hydrogen) atoms. The van der Waals surface area contributed by atoms with Crippen molar-refractivity contribution < 1.29 is 0 Å². The van der Waals surface area contributed by atoms with Gasteiger partial charge in [-0.05, 0) is 29.8 Å². The number of nitrogens with two attached hydrogens (primary N) is 1. The van der Waals surface area contributed by atoms with Crippen molar-refractivity contribution in [2.24, 2.45) is 5.84 Å². The normalized spacial score (nSPS) is 10.6. The van der Waals surface area contributed by atoms with Crippen LogP contribution in [-0.2, 0) is 6.54 Å². The number of pyridine rings is 1. The van der Waals surface area contributed by atoms with Crippen molar-refractivity contribution in [3.05, 3.63) is 54.4 Å². The van der Waals surface area contributed by atoms with Crippen LogP contribution in [0.4, 0.5) is 11.8 Å². The number of aromatic nitrogens is 3. The van der Waals surface area contributed by atoms with Crippen molar-refractivity contribution >= 4 is 22.7 Å². The molecule has 1 aromatic carbocycles. The number of nitrogens with zero attached hydrogens (tertiary/aromatic N) is 4. The third-order valence-electron chi connectivity index (χ3n) is 3.24. The van der Waals surface area contributed by atoms with Gasteiger partial charge in [-0.15, -0.1) is 0 Å². The molecule has 0 radical (unpaired) electrons. The molecule has 0 unspecified atom stereocenters. The van der Waals surface area contributed by atoms with Crippen LogP contribution in [0.1, 0.15) is 5.56 Å². The Hall–Kier alpha value is -2.73. The maximum atomic E-state index is 5.46. The molecule has 0 aliphatic carbocycles. The smallest absolute Gasteiger partial charge is 0.239 e. The highest BCUT2D eigenvalue weighted by Gasteiger charge is 2.11. The van der Waals surface area contributed by atoms with E-state index in [-0.39, 0.29) is 0 Å². The van der Waals surface area contributed by atoms with Gasteiger partial charge in [-0.25, -0.2) is 10.8 Å². The number of hydrogen-bond acceptors (Lipinski definition) is 6. The SMILES string of the molecule is CN(Cc1ccncc1)c1nc(NN)nc2ccccc12. The second-order valence-corrected chi connectivity index (χ2v) is 4.74. The summed E-state index contributed by atoms with van der Waals surface area (Å²) in [4.78, 5) is 14.9. The molecule has 0 aliphatic heterocycles. The van der Waals surface area contributed by atoms with E-state index in [1.165, 1.54) is 0 Å². The topological polar surface area (TPSA) is 80.0 Å². The third-order valence-corrected chi connectivity index (χ3v) is 3.24. The number of anilines is 2. The number of para-hydroxylation sites is 1. The molecule has 0 fully saturated rings. The molecule has 0 amide bonds. The first kappa shape index (κ1) is 13.3. The summed E-state index contributed by atoms with van der Waals surface area (Å²) in [6.07, 6.45) is 3.57. The Labute approximate surface area is 122 Å². The van der Waals surface area contributed by atoms with Gasteiger partial charge in [0.1, 0.15) is 5.82 Å². The van der Waals surface area contributed by atoms with E-state index in [1.54, 1.807) is 12.4 Å². The predicted octanol–water partition coefficient (Wildman–Crippen LogP) is 1.95. The highest BCUT2D eigenvalue weighted by Crippen LogP contribution is 2.25. The minimum Gasteiger partial charge on any atom is -0.355 e. The lowest BCUT2D eigenvalue weighted by Crippen LogP contribution is -2.20. The Morgan fingerprint density at radius 3 is 2.62 bits per heavy atom. The summed E-state index contributed by atoms with van der Waals surface area (Å²) in [6, 6.07) is 11.9. The minimum absolute atomic E-state index is 0.408. The van der Waals surface area contributed by atoms with Gasteiger partial charge in [-0.2, -0.15) is 4.98 Å². The minimum atomic E-state index is 0.408. The van der Waals surface area contributed by atoms with Gasteiger partial charge < -0.3 is 4.90 Å². The van der Waals surface area contributed by atoms with Crippen molar-refractivity contribution in [3.8, 4) is 0 Å². The number of hydrogen-bond donors (Lipinski definition) is 2. The second-order valence-electron chi connectivity index (χ2n) is 4.74. The van der Waals surface area contributed by atoms with E-state index >= 15 is 0 Å². The Kier molecular flexibility index (Phi) is 3.61. The lowest BCUT2D eigenvalue weighted by molar-refractivity contribution is 0.897. The highest BCUT2D eigenvalue weighted by atomic mass is 15.3. The molecule has 6 heteroatoms. The van der Waals surface area contributed by atoms with Crippen LogP contribution in [0.5, 0.6) is 0 Å². The molecular weight excluding hydrogens is 264 g/mol. The quantitative estimate of drug-likeness (QED) is 0.561. The Balaban J connectivity index is 2.02. The maximum absolute atomic E-state index is 5.46. The standard InChI is InChI=1S/C15H16N6/c1-21(10-11-6-8-17-9-7-11)14-12-4-2-3-5-13(12)18-15(19-14)20-16/h2-9H,10,16H2,1H3,(H,18,19,20). The van der Waals surface area contributed by atoms with E-state index in [2.05, 4.69) is 25.3 Å². The van der Waals surface area contributed by atoms with Gasteiger partial charge in [0.05, 0.1) is 5.52 Å². The van der Waals surface area contributed by atoms with Crippen LogP contribution in [0, 0.1) is 0 Å². The summed E-state index contributed by atoms with van der Waals surface area (Å²) in [7, 11) is 2.00. The first-order chi connectivity index (χ1) is 10.3. The monoisotopic (exact) mass is 280 g/mol. The zero-order valence-electron chi connectivity index (χ0n) is 11.7. The van der Waals surface area contributed by atoms with E-state index < -0.39 is 0 Å². The molecule has 3 N–H and O–H groups in total. The highest BCUT2D eigenvalue weighted by molar-refractivity contribution is 5.90. The van der Waals surface area contributed by atoms with E-state index in [0.29, 0.717) is 5.95 Å². The summed E-state index contributed by atoms with van der Waals surface area (Å²) < 4.78 is 0. The van der Waals surface area contributed by atoms with Crippen LogP contribution in [0.25, 0.3) is 10.9 Å². The van der Waals surface area contributed by atoms with Crippen LogP contribution < -0.4 is 16.2 Å². The first-order valence-electron chi connectivity index (χ1n) is 6.61. The van der Waals surface area contributed by atoms with E-state index in [9.17, 15) is 0 Å². The average molecular weight is 280 g/mol. The summed E-state index contributed by atoms with van der Waals surface area (Å²) >= 11 is 0. The van der Waals surface area contributed by atoms with E-state index in [4.69, 9.17) is 5.84 Å². The zero-order valence-corrected chi connectivity index (χ0v) is 11.7. The molecule has 0 aliphatic rings. The van der Waals surface area contributed by atoms with Gasteiger partial charge in [0, 0.05) is 31.4 Å². The molecule has 3 rings (SSSR count). The van der Waals surface area contributed by atoms with Crippen molar-refractivity contribution in [3.63, 3.8) is 0 Å². The van der Waals surface area contributed by atoms with Crippen molar-refractivity contribution in [1.82, 2.24) is 15.0 Å². The second kappa shape index (κ2) is 5.72. The number of fused-ring (bicyclic) bond motifs is 1. The average Bonchev–Trinajstić information content (AvgIpc) is 2.54. The number of benzene rings is 1. The van der Waals surface area contributed by atoms with Crippen molar-refractivity contribution in [2.75, 3.05) is 17.4 Å². The maximum Gasteiger partial charge on any atom is 0.239 e. The van der Waals surface area contributed by atoms with Crippen LogP contribution >= 0.6 is 0 Å². The van der Waals surface area contributed by atoms with E-state index in [0.717, 1.165) is 28.8 Å². The van der Waals surface area contributed by atoms with Gasteiger partial charge in [-0.3, -0.25) is 10.4 Å². The fraction of sp³-hybridized carbons (Fsp3) is 0.133. The number of rotatable bonds is 4. The summed E-state index contributed by atoms with van der Waals surface area (Å²) in [5.74, 6) is 6.71. The predicted molar refractivity (Wildman–Crippen MR) is 83.7 cm³/mol. The van der Waals surface area contributed by atoms with Gasteiger partial charge in [0.15, 0.2) is 0 Å². The lowest BCUT2D eigenvalue weighted by Gasteiger charge is -2.20. The number of nitrogens with one attached hydrogen (secondary N) is 1. The van der Waals surface area contributed by atoms with Crippen molar-refractivity contribution in [1.29, 1.82) is 0 Å². The summed E-state index contributed by atoms with van der Waals surface area (Å²) in [6.45, 7) is 0.730. The molecule has 0 atom stereocenters. The molecule has 0 bridgehead atoms. The summed E-state index contributed by atoms with van der Waals surface area (Å²) in [5, 5.41) is 0.994. The third kappa shape index (κ3) is 2.75. The van der Waals surface area contributed by atoms with Gasteiger partial charge in [0.25, 0.3) is 0 Å². The van der Waals surface area contributed by atoms with Crippen molar-refractivity contribution in [2.45, 2.75) is 6.54 Å². The molecule has 0 saturated heterocycles. The molecule has 0 saturated carbocycles. The fourth-order valence-corrected chi connectivity index (χ4v) is 2.25. The molecular formula is C15H16N6.